The molecule has 19 heavy (non-hydrogen) atoms. The predicted octanol–water partition coefficient (Wildman–Crippen LogP) is 4.19. The van der Waals surface area contributed by atoms with Crippen LogP contribution in [-0.2, 0) is 11.4 Å². The average molecular weight is 339 g/mol. The van der Waals surface area contributed by atoms with E-state index >= 15 is 0 Å². The summed E-state index contributed by atoms with van der Waals surface area (Å²) >= 11 is 5.05. The zero-order valence-corrected chi connectivity index (χ0v) is 12.3. The molecular formula is C14H11BrO3S. The normalized spacial score (nSPS) is 10.8. The second kappa shape index (κ2) is 6.54. The van der Waals surface area contributed by atoms with Gasteiger partial charge in [-0.2, -0.15) is 11.3 Å². The number of carboxylic acid groups (broad SMARTS) is 1. The minimum absolute atomic E-state index is 0.520. The summed E-state index contributed by atoms with van der Waals surface area (Å²) in [6.45, 7) is 0.520. The molecule has 2 rings (SSSR count). The van der Waals surface area contributed by atoms with Crippen LogP contribution in [0.1, 0.15) is 11.1 Å². The first-order valence-corrected chi connectivity index (χ1v) is 7.23. The first-order chi connectivity index (χ1) is 9.15. The standard InChI is InChI=1S/C14H11BrO3S/c15-12-7-10(2-4-14(16)17)1-3-13(12)18-8-11-5-6-19-9-11/h1-7,9H,8H2,(H,16,17). The van der Waals surface area contributed by atoms with Crippen molar-refractivity contribution < 1.29 is 14.6 Å². The van der Waals surface area contributed by atoms with E-state index in [9.17, 15) is 4.79 Å². The number of halogens is 1. The number of carbonyl (C=O) groups is 1. The number of benzene rings is 1. The molecular weight excluding hydrogens is 328 g/mol. The summed E-state index contributed by atoms with van der Waals surface area (Å²) in [7, 11) is 0. The zero-order chi connectivity index (χ0) is 13.7. The molecule has 0 amide bonds. The molecule has 0 aliphatic heterocycles. The summed E-state index contributed by atoms with van der Waals surface area (Å²) in [5.74, 6) is -0.229. The SMILES string of the molecule is O=C(O)C=Cc1ccc(OCc2ccsc2)c(Br)c1. The second-order valence-electron chi connectivity index (χ2n) is 3.78. The van der Waals surface area contributed by atoms with Gasteiger partial charge in [0.25, 0.3) is 0 Å². The van der Waals surface area contributed by atoms with Gasteiger partial charge in [-0.1, -0.05) is 6.07 Å². The summed E-state index contributed by atoms with van der Waals surface area (Å²) in [4.78, 5) is 10.4. The Morgan fingerprint density at radius 3 is 2.89 bits per heavy atom. The van der Waals surface area contributed by atoms with Gasteiger partial charge >= 0.3 is 5.97 Å². The quantitative estimate of drug-likeness (QED) is 0.831. The van der Waals surface area contributed by atoms with Gasteiger partial charge in [-0.05, 0) is 62.1 Å². The highest BCUT2D eigenvalue weighted by Gasteiger charge is 2.02. The van der Waals surface area contributed by atoms with Crippen molar-refractivity contribution >= 4 is 39.3 Å². The number of rotatable bonds is 5. The number of hydrogen-bond donors (Lipinski definition) is 1. The van der Waals surface area contributed by atoms with Crippen LogP contribution < -0.4 is 4.74 Å². The van der Waals surface area contributed by atoms with Gasteiger partial charge in [-0.15, -0.1) is 0 Å². The van der Waals surface area contributed by atoms with Crippen LogP contribution >= 0.6 is 27.3 Å². The Morgan fingerprint density at radius 1 is 1.42 bits per heavy atom. The first kappa shape index (κ1) is 13.8. The number of hydrogen-bond acceptors (Lipinski definition) is 3. The third-order valence-corrected chi connectivity index (χ3v) is 3.70. The molecule has 0 atom stereocenters. The van der Waals surface area contributed by atoms with Crippen LogP contribution in [-0.4, -0.2) is 11.1 Å². The largest absolute Gasteiger partial charge is 0.488 e. The summed E-state index contributed by atoms with van der Waals surface area (Å²) < 4.78 is 6.48. The second-order valence-corrected chi connectivity index (χ2v) is 5.42. The highest BCUT2D eigenvalue weighted by atomic mass is 79.9. The van der Waals surface area contributed by atoms with Crippen LogP contribution in [0.25, 0.3) is 6.08 Å². The molecule has 0 saturated heterocycles. The highest BCUT2D eigenvalue weighted by Crippen LogP contribution is 2.27. The smallest absolute Gasteiger partial charge is 0.328 e. The summed E-state index contributed by atoms with van der Waals surface area (Å²) in [6.07, 6.45) is 2.64. The van der Waals surface area contributed by atoms with Crippen LogP contribution in [0.2, 0.25) is 0 Å². The van der Waals surface area contributed by atoms with Gasteiger partial charge < -0.3 is 9.84 Å². The van der Waals surface area contributed by atoms with Crippen LogP contribution in [0.15, 0.2) is 45.6 Å². The Morgan fingerprint density at radius 2 is 2.26 bits per heavy atom. The van der Waals surface area contributed by atoms with E-state index in [4.69, 9.17) is 9.84 Å². The molecule has 1 aromatic carbocycles. The van der Waals surface area contributed by atoms with Crippen LogP contribution in [0.4, 0.5) is 0 Å². The lowest BCUT2D eigenvalue weighted by Gasteiger charge is -2.07. The molecule has 3 nitrogen and oxygen atoms in total. The maximum atomic E-state index is 10.4. The molecule has 0 radical (unpaired) electrons. The van der Waals surface area contributed by atoms with Crippen LogP contribution in [0.5, 0.6) is 5.75 Å². The third kappa shape index (κ3) is 4.22. The molecule has 0 aliphatic carbocycles. The first-order valence-electron chi connectivity index (χ1n) is 5.49. The monoisotopic (exact) mass is 338 g/mol. The molecule has 0 spiro atoms. The predicted molar refractivity (Wildman–Crippen MR) is 79.5 cm³/mol. The van der Waals surface area contributed by atoms with E-state index in [2.05, 4.69) is 15.9 Å². The highest BCUT2D eigenvalue weighted by molar-refractivity contribution is 9.10. The maximum Gasteiger partial charge on any atom is 0.328 e. The Labute approximate surface area is 123 Å². The van der Waals surface area contributed by atoms with Crippen molar-refractivity contribution in [1.29, 1.82) is 0 Å². The van der Waals surface area contributed by atoms with Crippen molar-refractivity contribution in [3.63, 3.8) is 0 Å². The fraction of sp³-hybridized carbons (Fsp3) is 0.0714. The molecule has 0 unspecified atom stereocenters. The van der Waals surface area contributed by atoms with Gasteiger partial charge in [0.15, 0.2) is 0 Å². The number of carboxylic acids is 1. The Balaban J connectivity index is 2.04. The van der Waals surface area contributed by atoms with Crippen molar-refractivity contribution in [3.05, 3.63) is 56.7 Å². The molecule has 1 heterocycles. The number of aliphatic carboxylic acids is 1. The van der Waals surface area contributed by atoms with Crippen LogP contribution in [0, 0.1) is 0 Å². The summed E-state index contributed by atoms with van der Waals surface area (Å²) in [5.41, 5.74) is 1.93. The van der Waals surface area contributed by atoms with E-state index in [0.717, 1.165) is 27.4 Å². The molecule has 0 fully saturated rings. The van der Waals surface area contributed by atoms with E-state index in [1.165, 1.54) is 6.08 Å². The van der Waals surface area contributed by atoms with Crippen molar-refractivity contribution in [2.24, 2.45) is 0 Å². The van der Waals surface area contributed by atoms with Gasteiger partial charge in [-0.3, -0.25) is 0 Å². The van der Waals surface area contributed by atoms with Crippen molar-refractivity contribution in [2.75, 3.05) is 0 Å². The Kier molecular flexibility index (Phi) is 4.76. The molecule has 0 aliphatic rings. The van der Waals surface area contributed by atoms with E-state index < -0.39 is 5.97 Å². The molecule has 1 aromatic heterocycles. The van der Waals surface area contributed by atoms with E-state index in [1.54, 1.807) is 11.3 Å². The van der Waals surface area contributed by atoms with Gasteiger partial charge in [0.05, 0.1) is 4.47 Å². The number of thiophene rings is 1. The minimum Gasteiger partial charge on any atom is -0.488 e. The Bertz CT molecular complexity index is 591. The fourth-order valence-electron chi connectivity index (χ4n) is 1.44. The van der Waals surface area contributed by atoms with Gasteiger partial charge in [0.2, 0.25) is 0 Å². The lowest BCUT2D eigenvalue weighted by molar-refractivity contribution is -0.131. The van der Waals surface area contributed by atoms with E-state index in [1.807, 2.05) is 35.0 Å². The van der Waals surface area contributed by atoms with Gasteiger partial charge in [-0.25, -0.2) is 4.79 Å². The van der Waals surface area contributed by atoms with Crippen molar-refractivity contribution in [3.8, 4) is 5.75 Å². The van der Waals surface area contributed by atoms with E-state index in [-0.39, 0.29) is 0 Å². The lowest BCUT2D eigenvalue weighted by atomic mass is 10.2. The third-order valence-electron chi connectivity index (χ3n) is 2.35. The summed E-state index contributed by atoms with van der Waals surface area (Å²) in [6, 6.07) is 7.47. The Hall–Kier alpha value is -1.59. The lowest BCUT2D eigenvalue weighted by Crippen LogP contribution is -1.94. The van der Waals surface area contributed by atoms with E-state index in [0.29, 0.717) is 6.61 Å². The molecule has 0 bridgehead atoms. The van der Waals surface area contributed by atoms with Gasteiger partial charge in [0, 0.05) is 6.08 Å². The molecule has 1 N–H and O–H groups in total. The molecule has 98 valence electrons. The molecule has 2 aromatic rings. The fourth-order valence-corrected chi connectivity index (χ4v) is 2.61. The molecule has 5 heteroatoms. The maximum absolute atomic E-state index is 10.4. The number of ether oxygens (including phenoxy) is 1. The van der Waals surface area contributed by atoms with Crippen molar-refractivity contribution in [2.45, 2.75) is 6.61 Å². The van der Waals surface area contributed by atoms with Gasteiger partial charge in [0.1, 0.15) is 12.4 Å². The minimum atomic E-state index is -0.964. The topological polar surface area (TPSA) is 46.5 Å². The average Bonchev–Trinajstić information content (AvgIpc) is 2.88. The van der Waals surface area contributed by atoms with Crippen molar-refractivity contribution in [1.82, 2.24) is 0 Å². The zero-order valence-electron chi connectivity index (χ0n) is 9.88. The molecule has 0 saturated carbocycles. The van der Waals surface area contributed by atoms with Crippen LogP contribution in [0.3, 0.4) is 0 Å². The summed E-state index contributed by atoms with van der Waals surface area (Å²) in [5, 5.41) is 12.6.